The average molecular weight is 435 g/mol. The molecule has 2 amide bonds. The molecular formula is C25H30N4O3. The SMILES string of the molecule is Cc1ccccc1CN1C(=O)c2cc(-c3ccco3)nn2C[C@]1(C)C(=O)NCCC(C)C. The van der Waals surface area contributed by atoms with Gasteiger partial charge in [0.05, 0.1) is 12.8 Å². The Bertz CT molecular complexity index is 1120. The summed E-state index contributed by atoms with van der Waals surface area (Å²) in [6, 6.07) is 13.3. The Morgan fingerprint density at radius 1 is 1.25 bits per heavy atom. The Labute approximate surface area is 188 Å². The van der Waals surface area contributed by atoms with Crippen molar-refractivity contribution in [3.8, 4) is 11.5 Å². The summed E-state index contributed by atoms with van der Waals surface area (Å²) in [5.41, 5.74) is 2.06. The first-order chi connectivity index (χ1) is 15.3. The third kappa shape index (κ3) is 4.07. The van der Waals surface area contributed by atoms with Gasteiger partial charge in [-0.05, 0) is 49.4 Å². The van der Waals surface area contributed by atoms with Gasteiger partial charge in [-0.25, -0.2) is 0 Å². The summed E-state index contributed by atoms with van der Waals surface area (Å²) >= 11 is 0. The van der Waals surface area contributed by atoms with Crippen LogP contribution in [0, 0.1) is 12.8 Å². The maximum Gasteiger partial charge on any atom is 0.273 e. The van der Waals surface area contributed by atoms with Crippen molar-refractivity contribution < 1.29 is 14.0 Å². The zero-order valence-electron chi connectivity index (χ0n) is 19.1. The maximum atomic E-state index is 13.7. The number of carbonyl (C=O) groups excluding carboxylic acids is 2. The monoisotopic (exact) mass is 434 g/mol. The number of hydrogen-bond acceptors (Lipinski definition) is 4. The number of rotatable bonds is 7. The topological polar surface area (TPSA) is 80.4 Å². The highest BCUT2D eigenvalue weighted by Crippen LogP contribution is 2.32. The molecule has 0 aliphatic carbocycles. The number of aromatic nitrogens is 2. The molecule has 0 saturated heterocycles. The lowest BCUT2D eigenvalue weighted by atomic mass is 9.93. The Hall–Kier alpha value is -3.35. The lowest BCUT2D eigenvalue weighted by Crippen LogP contribution is -2.63. The van der Waals surface area contributed by atoms with E-state index in [1.54, 1.807) is 28.0 Å². The first-order valence-electron chi connectivity index (χ1n) is 11.1. The van der Waals surface area contributed by atoms with E-state index < -0.39 is 5.54 Å². The molecule has 0 radical (unpaired) electrons. The molecule has 32 heavy (non-hydrogen) atoms. The number of carbonyl (C=O) groups is 2. The molecule has 0 spiro atoms. The van der Waals surface area contributed by atoms with Crippen LogP contribution in [0.3, 0.4) is 0 Å². The number of aryl methyl sites for hydroxylation is 1. The first kappa shape index (κ1) is 21.9. The van der Waals surface area contributed by atoms with Crippen LogP contribution in [0.25, 0.3) is 11.5 Å². The molecule has 168 valence electrons. The van der Waals surface area contributed by atoms with Gasteiger partial charge in [0.15, 0.2) is 5.76 Å². The molecule has 0 bridgehead atoms. The van der Waals surface area contributed by atoms with Crippen LogP contribution in [-0.4, -0.2) is 38.6 Å². The molecule has 1 aliphatic heterocycles. The van der Waals surface area contributed by atoms with E-state index in [1.807, 2.05) is 44.2 Å². The molecule has 1 aliphatic rings. The number of amides is 2. The van der Waals surface area contributed by atoms with Gasteiger partial charge in [-0.15, -0.1) is 0 Å². The molecule has 1 N–H and O–H groups in total. The summed E-state index contributed by atoms with van der Waals surface area (Å²) in [6.45, 7) is 9.27. The Morgan fingerprint density at radius 3 is 2.72 bits per heavy atom. The minimum atomic E-state index is -1.07. The molecule has 4 rings (SSSR count). The van der Waals surface area contributed by atoms with Crippen LogP contribution < -0.4 is 5.32 Å². The van der Waals surface area contributed by atoms with E-state index >= 15 is 0 Å². The van der Waals surface area contributed by atoms with Gasteiger partial charge in [0.25, 0.3) is 5.91 Å². The molecule has 3 heterocycles. The number of nitrogens with one attached hydrogen (secondary N) is 1. The smallest absolute Gasteiger partial charge is 0.273 e. The molecule has 7 nitrogen and oxygen atoms in total. The Balaban J connectivity index is 1.71. The van der Waals surface area contributed by atoms with E-state index in [9.17, 15) is 9.59 Å². The molecule has 1 aromatic carbocycles. The zero-order valence-corrected chi connectivity index (χ0v) is 19.1. The third-order valence-corrected chi connectivity index (χ3v) is 6.16. The fraction of sp³-hybridized carbons (Fsp3) is 0.400. The van der Waals surface area contributed by atoms with Crippen LogP contribution in [0.5, 0.6) is 0 Å². The number of benzene rings is 1. The molecule has 7 heteroatoms. The number of nitrogens with zero attached hydrogens (tertiary/aromatic N) is 3. The minimum Gasteiger partial charge on any atom is -0.463 e. The van der Waals surface area contributed by atoms with E-state index in [0.717, 1.165) is 17.5 Å². The van der Waals surface area contributed by atoms with Gasteiger partial charge in [-0.1, -0.05) is 38.1 Å². The minimum absolute atomic E-state index is 0.166. The Morgan fingerprint density at radius 2 is 2.03 bits per heavy atom. The van der Waals surface area contributed by atoms with Gasteiger partial charge in [-0.3, -0.25) is 14.3 Å². The van der Waals surface area contributed by atoms with E-state index in [1.165, 1.54) is 0 Å². The van der Waals surface area contributed by atoms with Crippen LogP contribution >= 0.6 is 0 Å². The van der Waals surface area contributed by atoms with Crippen LogP contribution in [0.15, 0.2) is 53.1 Å². The van der Waals surface area contributed by atoms with Gasteiger partial charge >= 0.3 is 0 Å². The maximum absolute atomic E-state index is 13.7. The predicted molar refractivity (Wildman–Crippen MR) is 122 cm³/mol. The van der Waals surface area contributed by atoms with E-state index in [4.69, 9.17) is 4.42 Å². The standard InChI is InChI=1S/C25H30N4O3/c1-17(2)11-12-26-24(31)25(4)16-29-21(14-20(27-29)22-10-7-13-32-22)23(30)28(25)15-19-9-6-5-8-18(19)3/h5-10,13-14,17H,11-12,15-16H2,1-4H3,(H,26,31)/t25-/m1/s1. The van der Waals surface area contributed by atoms with Gasteiger partial charge in [0.2, 0.25) is 5.91 Å². The summed E-state index contributed by atoms with van der Waals surface area (Å²) in [5.74, 6) is 0.688. The molecule has 0 saturated carbocycles. The van der Waals surface area contributed by atoms with Gasteiger partial charge < -0.3 is 14.6 Å². The Kier molecular flexibility index (Phi) is 5.91. The molecule has 2 aromatic heterocycles. The lowest BCUT2D eigenvalue weighted by molar-refractivity contribution is -0.133. The summed E-state index contributed by atoms with van der Waals surface area (Å²) in [7, 11) is 0. The fourth-order valence-corrected chi connectivity index (χ4v) is 4.06. The van der Waals surface area contributed by atoms with Gasteiger partial charge in [0.1, 0.15) is 16.9 Å². The zero-order chi connectivity index (χ0) is 22.9. The van der Waals surface area contributed by atoms with Crippen LogP contribution in [0.1, 0.15) is 48.8 Å². The average Bonchev–Trinajstić information content (AvgIpc) is 3.42. The van der Waals surface area contributed by atoms with Gasteiger partial charge in [0, 0.05) is 19.2 Å². The van der Waals surface area contributed by atoms with Gasteiger partial charge in [-0.2, -0.15) is 5.10 Å². The lowest BCUT2D eigenvalue weighted by Gasteiger charge is -2.43. The second-order valence-electron chi connectivity index (χ2n) is 9.08. The summed E-state index contributed by atoms with van der Waals surface area (Å²) < 4.78 is 7.10. The van der Waals surface area contributed by atoms with Crippen molar-refractivity contribution in [3.05, 3.63) is 65.5 Å². The summed E-state index contributed by atoms with van der Waals surface area (Å²) in [6.07, 6.45) is 2.45. The van der Waals surface area contributed by atoms with Crippen LogP contribution in [-0.2, 0) is 17.9 Å². The molecule has 3 aromatic rings. The predicted octanol–water partition coefficient (Wildman–Crippen LogP) is 4.03. The molecule has 0 unspecified atom stereocenters. The largest absolute Gasteiger partial charge is 0.463 e. The third-order valence-electron chi connectivity index (χ3n) is 6.16. The van der Waals surface area contributed by atoms with Crippen LogP contribution in [0.4, 0.5) is 0 Å². The highest BCUT2D eigenvalue weighted by molar-refractivity contribution is 6.00. The summed E-state index contributed by atoms with van der Waals surface area (Å²) in [4.78, 5) is 28.8. The highest BCUT2D eigenvalue weighted by Gasteiger charge is 2.48. The van der Waals surface area contributed by atoms with Crippen molar-refractivity contribution in [2.45, 2.75) is 52.7 Å². The normalized spacial score (nSPS) is 18.2. The van der Waals surface area contributed by atoms with Crippen molar-refractivity contribution in [1.82, 2.24) is 20.0 Å². The van der Waals surface area contributed by atoms with E-state index in [0.29, 0.717) is 36.2 Å². The number of hydrogen-bond donors (Lipinski definition) is 1. The second-order valence-corrected chi connectivity index (χ2v) is 9.08. The van der Waals surface area contributed by atoms with E-state index in [2.05, 4.69) is 24.3 Å². The molecule has 0 fully saturated rings. The molecule has 1 atom stereocenters. The van der Waals surface area contributed by atoms with Crippen molar-refractivity contribution in [2.75, 3.05) is 6.54 Å². The fourth-order valence-electron chi connectivity index (χ4n) is 4.06. The van der Waals surface area contributed by atoms with Crippen molar-refractivity contribution in [2.24, 2.45) is 5.92 Å². The van der Waals surface area contributed by atoms with Crippen molar-refractivity contribution in [3.63, 3.8) is 0 Å². The summed E-state index contributed by atoms with van der Waals surface area (Å²) in [5, 5.41) is 7.63. The second kappa shape index (κ2) is 8.65. The quantitative estimate of drug-likeness (QED) is 0.609. The highest BCUT2D eigenvalue weighted by atomic mass is 16.3. The van der Waals surface area contributed by atoms with Crippen molar-refractivity contribution >= 4 is 11.8 Å². The van der Waals surface area contributed by atoms with Crippen LogP contribution in [0.2, 0.25) is 0 Å². The van der Waals surface area contributed by atoms with E-state index in [-0.39, 0.29) is 18.4 Å². The molecular weight excluding hydrogens is 404 g/mol. The number of fused-ring (bicyclic) bond motifs is 1. The van der Waals surface area contributed by atoms with Crippen molar-refractivity contribution in [1.29, 1.82) is 0 Å². The first-order valence-corrected chi connectivity index (χ1v) is 11.1. The number of furan rings is 1.